The fraction of sp³-hybridized carbons (Fsp3) is 0.130. The smallest absolute Gasteiger partial charge is 0.262 e. The van der Waals surface area contributed by atoms with Crippen LogP contribution in [-0.4, -0.2) is 18.7 Å². The number of aryl methyl sites for hydroxylation is 2. The van der Waals surface area contributed by atoms with Crippen LogP contribution in [-0.2, 0) is 4.79 Å². The van der Waals surface area contributed by atoms with E-state index < -0.39 is 0 Å². The van der Waals surface area contributed by atoms with Crippen LogP contribution in [0.4, 0.5) is 11.4 Å². The first-order valence-corrected chi connectivity index (χ1v) is 10.7. The largest absolute Gasteiger partial charge is 0.481 e. The first kappa shape index (κ1) is 23.4. The molecule has 0 fully saturated rings. The Morgan fingerprint density at radius 1 is 0.935 bits per heavy atom. The number of hydrogen-bond donors (Lipinski definition) is 1. The summed E-state index contributed by atoms with van der Waals surface area (Å²) in [6.07, 6.45) is 1.63. The molecule has 0 radical (unpaired) electrons. The predicted octanol–water partition coefficient (Wildman–Crippen LogP) is 7.69. The van der Waals surface area contributed by atoms with Gasteiger partial charge in [0.1, 0.15) is 0 Å². The Kier molecular flexibility index (Phi) is 7.84. The highest BCUT2D eigenvalue weighted by atomic mass is 35.5. The molecule has 1 amide bonds. The lowest BCUT2D eigenvalue weighted by atomic mass is 10.2. The number of rotatable bonds is 6. The summed E-state index contributed by atoms with van der Waals surface area (Å²) in [5.74, 6) is -0.148. The molecule has 8 heteroatoms. The molecule has 3 rings (SSSR count). The standard InChI is InChI=1S/C23H18Cl4N2O2/c1-13-4-6-17(10-18(13)25)29-22(30)12-31-23-19(26)7-15(8-20(23)27)11-28-21-9-16(24)5-3-14(21)2/h3-11H,12H2,1-2H3,(H,29,30). The van der Waals surface area contributed by atoms with Crippen molar-refractivity contribution in [1.82, 2.24) is 0 Å². The third-order valence-electron chi connectivity index (χ3n) is 4.35. The van der Waals surface area contributed by atoms with E-state index in [4.69, 9.17) is 51.1 Å². The molecule has 0 spiro atoms. The Balaban J connectivity index is 1.67. The van der Waals surface area contributed by atoms with Crippen LogP contribution in [0, 0.1) is 13.8 Å². The van der Waals surface area contributed by atoms with Crippen LogP contribution < -0.4 is 10.1 Å². The average molecular weight is 496 g/mol. The van der Waals surface area contributed by atoms with Crippen molar-refractivity contribution in [2.75, 3.05) is 11.9 Å². The molecule has 0 unspecified atom stereocenters. The molecule has 4 nitrogen and oxygen atoms in total. The second-order valence-corrected chi connectivity index (χ2v) is 8.46. The van der Waals surface area contributed by atoms with Crippen molar-refractivity contribution >= 4 is 69.9 Å². The summed E-state index contributed by atoms with van der Waals surface area (Å²) in [7, 11) is 0. The van der Waals surface area contributed by atoms with Gasteiger partial charge in [-0.3, -0.25) is 9.79 Å². The summed E-state index contributed by atoms with van der Waals surface area (Å²) in [4.78, 5) is 16.6. The van der Waals surface area contributed by atoms with Crippen LogP contribution in [0.1, 0.15) is 16.7 Å². The number of nitrogens with zero attached hydrogens (tertiary/aromatic N) is 1. The zero-order valence-electron chi connectivity index (χ0n) is 16.7. The van der Waals surface area contributed by atoms with Crippen molar-refractivity contribution in [3.63, 3.8) is 0 Å². The van der Waals surface area contributed by atoms with E-state index in [-0.39, 0.29) is 28.3 Å². The number of amides is 1. The molecule has 0 aliphatic heterocycles. The van der Waals surface area contributed by atoms with Gasteiger partial charge < -0.3 is 10.1 Å². The van der Waals surface area contributed by atoms with Gasteiger partial charge in [-0.1, -0.05) is 58.5 Å². The fourth-order valence-corrected chi connectivity index (χ4v) is 3.62. The minimum Gasteiger partial charge on any atom is -0.481 e. The van der Waals surface area contributed by atoms with Gasteiger partial charge in [0, 0.05) is 21.9 Å². The summed E-state index contributed by atoms with van der Waals surface area (Å²) in [6.45, 7) is 3.56. The number of nitrogens with one attached hydrogen (secondary N) is 1. The molecule has 0 aliphatic carbocycles. The number of carbonyl (C=O) groups is 1. The van der Waals surface area contributed by atoms with Gasteiger partial charge in [0.25, 0.3) is 5.91 Å². The molecule has 0 atom stereocenters. The number of carbonyl (C=O) groups excluding carboxylic acids is 1. The molecular formula is C23H18Cl4N2O2. The van der Waals surface area contributed by atoms with Gasteiger partial charge in [0.05, 0.1) is 15.7 Å². The quantitative estimate of drug-likeness (QED) is 0.356. The van der Waals surface area contributed by atoms with Crippen molar-refractivity contribution in [2.24, 2.45) is 4.99 Å². The van der Waals surface area contributed by atoms with E-state index in [1.165, 1.54) is 0 Å². The molecular weight excluding hydrogens is 478 g/mol. The van der Waals surface area contributed by atoms with Crippen LogP contribution in [0.15, 0.2) is 53.5 Å². The molecule has 3 aromatic carbocycles. The van der Waals surface area contributed by atoms with E-state index in [2.05, 4.69) is 10.3 Å². The summed E-state index contributed by atoms with van der Waals surface area (Å²) in [6, 6.07) is 14.0. The van der Waals surface area contributed by atoms with E-state index in [1.807, 2.05) is 26.0 Å². The number of aliphatic imine (C=N–C) groups is 1. The predicted molar refractivity (Wildman–Crippen MR) is 130 cm³/mol. The van der Waals surface area contributed by atoms with E-state index in [0.29, 0.717) is 21.3 Å². The number of ether oxygens (including phenoxy) is 1. The van der Waals surface area contributed by atoms with Crippen LogP contribution >= 0.6 is 46.4 Å². The normalized spacial score (nSPS) is 11.0. The lowest BCUT2D eigenvalue weighted by Crippen LogP contribution is -2.20. The molecule has 0 saturated carbocycles. The van der Waals surface area contributed by atoms with Crippen molar-refractivity contribution in [3.05, 3.63) is 85.3 Å². The maximum Gasteiger partial charge on any atom is 0.262 e. The average Bonchev–Trinajstić information content (AvgIpc) is 2.71. The van der Waals surface area contributed by atoms with Gasteiger partial charge in [-0.05, 0) is 66.9 Å². The zero-order valence-corrected chi connectivity index (χ0v) is 19.7. The van der Waals surface area contributed by atoms with Crippen molar-refractivity contribution in [1.29, 1.82) is 0 Å². The van der Waals surface area contributed by atoms with Gasteiger partial charge in [-0.25, -0.2) is 0 Å². The molecule has 0 saturated heterocycles. The molecule has 0 heterocycles. The maximum atomic E-state index is 12.2. The first-order chi connectivity index (χ1) is 14.7. The Morgan fingerprint density at radius 2 is 1.61 bits per heavy atom. The minimum atomic E-state index is -0.367. The SMILES string of the molecule is Cc1ccc(NC(=O)COc2c(Cl)cc(C=Nc3cc(Cl)ccc3C)cc2Cl)cc1Cl. The van der Waals surface area contributed by atoms with Crippen LogP contribution in [0.25, 0.3) is 0 Å². The summed E-state index contributed by atoms with van der Waals surface area (Å²) in [5.41, 5.74) is 3.90. The van der Waals surface area contributed by atoms with E-state index >= 15 is 0 Å². The molecule has 160 valence electrons. The summed E-state index contributed by atoms with van der Waals surface area (Å²) < 4.78 is 5.54. The number of halogens is 4. The summed E-state index contributed by atoms with van der Waals surface area (Å²) >= 11 is 24.7. The lowest BCUT2D eigenvalue weighted by Gasteiger charge is -2.11. The number of anilines is 1. The highest BCUT2D eigenvalue weighted by Crippen LogP contribution is 2.34. The topological polar surface area (TPSA) is 50.7 Å². The molecule has 0 aromatic heterocycles. The number of hydrogen-bond acceptors (Lipinski definition) is 3. The van der Waals surface area contributed by atoms with Gasteiger partial charge in [-0.15, -0.1) is 0 Å². The zero-order chi connectivity index (χ0) is 22.5. The fourth-order valence-electron chi connectivity index (χ4n) is 2.66. The highest BCUT2D eigenvalue weighted by molar-refractivity contribution is 6.37. The van der Waals surface area contributed by atoms with Crippen molar-refractivity contribution in [3.8, 4) is 5.75 Å². The lowest BCUT2D eigenvalue weighted by molar-refractivity contribution is -0.118. The van der Waals surface area contributed by atoms with Gasteiger partial charge in [-0.2, -0.15) is 0 Å². The molecule has 31 heavy (non-hydrogen) atoms. The summed E-state index contributed by atoms with van der Waals surface area (Å²) in [5, 5.41) is 4.41. The van der Waals surface area contributed by atoms with E-state index in [1.54, 1.807) is 42.6 Å². The molecule has 3 aromatic rings. The van der Waals surface area contributed by atoms with Crippen LogP contribution in [0.3, 0.4) is 0 Å². The number of benzene rings is 3. The highest BCUT2D eigenvalue weighted by Gasteiger charge is 2.12. The maximum absolute atomic E-state index is 12.2. The van der Waals surface area contributed by atoms with E-state index in [0.717, 1.165) is 16.8 Å². The van der Waals surface area contributed by atoms with Gasteiger partial charge >= 0.3 is 0 Å². The monoisotopic (exact) mass is 494 g/mol. The third-order valence-corrected chi connectivity index (χ3v) is 5.55. The second-order valence-electron chi connectivity index (χ2n) is 6.80. The first-order valence-electron chi connectivity index (χ1n) is 9.21. The van der Waals surface area contributed by atoms with Crippen molar-refractivity contribution in [2.45, 2.75) is 13.8 Å². The van der Waals surface area contributed by atoms with Crippen LogP contribution in [0.2, 0.25) is 20.1 Å². The molecule has 0 aliphatic rings. The Labute approximate surface area is 200 Å². The Morgan fingerprint density at radius 3 is 2.29 bits per heavy atom. The Hall–Kier alpha value is -2.24. The second kappa shape index (κ2) is 10.4. The van der Waals surface area contributed by atoms with Crippen molar-refractivity contribution < 1.29 is 9.53 Å². The minimum absolute atomic E-state index is 0.219. The molecule has 1 N–H and O–H groups in total. The van der Waals surface area contributed by atoms with Gasteiger partial charge in [0.15, 0.2) is 12.4 Å². The van der Waals surface area contributed by atoms with Crippen LogP contribution in [0.5, 0.6) is 5.75 Å². The Bertz CT molecular complexity index is 1140. The van der Waals surface area contributed by atoms with Gasteiger partial charge in [0.2, 0.25) is 0 Å². The van der Waals surface area contributed by atoms with E-state index in [9.17, 15) is 4.79 Å². The molecule has 0 bridgehead atoms. The third kappa shape index (κ3) is 6.37.